The van der Waals surface area contributed by atoms with Crippen LogP contribution in [0.4, 0.5) is 0 Å². The van der Waals surface area contributed by atoms with Gasteiger partial charge in [0.05, 0.1) is 25.9 Å². The number of likely N-dealkylation sites (tertiary alicyclic amines) is 2. The second-order valence-corrected chi connectivity index (χ2v) is 35.8. The van der Waals surface area contributed by atoms with Gasteiger partial charge in [0.1, 0.15) is 96.1 Å². The summed E-state index contributed by atoms with van der Waals surface area (Å²) < 4.78 is 0. The Morgan fingerprint density at radius 2 is 0.608 bits per heavy atom. The van der Waals surface area contributed by atoms with Gasteiger partial charge >= 0.3 is 11.9 Å². The van der Waals surface area contributed by atoms with Crippen molar-refractivity contribution >= 4 is 193 Å². The van der Waals surface area contributed by atoms with Crippen LogP contribution in [0.1, 0.15) is 125 Å². The molecule has 4 aromatic rings. The SMILES string of the molecule is NC(=O)CC[C@H](NC(=O)[C@H](Cc1ccccc1)NC(=O)[C@H](Cc1ccc(O)cc1)NC(=O)CCS)C(=O)N[C@@H](CC(=O)N[C@@H](CS)C(=O)N1CCC[C@H]1C(=O)N[C@H](CCCN=C(N)N)C(=O)NCC(N)=O)C(=O)O.NC(=O)CC[C@H](NC(=O)[C@H](Cc1ccccc1)NC(=O)[C@H](Cc1ccc(O)cc1)NC(=O)CCS)C(=O)N[C@@H](CC(=O)N[C@@H](CS)C(=O)N1CCC[C@H]1C(=O)N[C@H](CCCN=C(N)N)C(=O)NCC(N)=O)C(=O)O. The third kappa shape index (κ3) is 45.2. The number of carboxylic acids is 2. The van der Waals surface area contributed by atoms with Crippen molar-refractivity contribution in [2.24, 2.45) is 55.9 Å². The first-order chi connectivity index (χ1) is 70.2. The Morgan fingerprint density at radius 3 is 0.899 bits per heavy atom. The lowest BCUT2D eigenvalue weighted by Crippen LogP contribution is -2.59. The van der Waals surface area contributed by atoms with Gasteiger partial charge in [-0.2, -0.15) is 50.5 Å². The molecule has 2 aliphatic rings. The molecule has 0 aromatic heterocycles. The van der Waals surface area contributed by atoms with Crippen molar-refractivity contribution in [2.75, 3.05) is 62.3 Å². The van der Waals surface area contributed by atoms with Crippen molar-refractivity contribution in [3.63, 3.8) is 0 Å². The predicted octanol–water partition coefficient (Wildman–Crippen LogP) is -8.56. The zero-order valence-corrected chi connectivity index (χ0v) is 84.2. The lowest BCUT2D eigenvalue weighted by Gasteiger charge is -2.29. The second kappa shape index (κ2) is 64.6. The first-order valence-corrected chi connectivity index (χ1v) is 49.3. The van der Waals surface area contributed by atoms with E-state index in [2.05, 4.69) is 135 Å². The molecule has 0 bridgehead atoms. The van der Waals surface area contributed by atoms with Crippen LogP contribution >= 0.6 is 50.5 Å². The van der Waals surface area contributed by atoms with Crippen LogP contribution in [-0.4, -0.2) is 319 Å². The number of hydrogen-bond donors (Lipinski definition) is 30. The smallest absolute Gasteiger partial charge is 0.326 e. The van der Waals surface area contributed by atoms with Gasteiger partial charge in [-0.3, -0.25) is 106 Å². The highest BCUT2D eigenvalue weighted by atomic mass is 32.1. The Balaban J connectivity index is 0.000000520. The van der Waals surface area contributed by atoms with Crippen LogP contribution in [0.2, 0.25) is 0 Å². The summed E-state index contributed by atoms with van der Waals surface area (Å²) in [5.74, 6) is -21.2. The van der Waals surface area contributed by atoms with Crippen LogP contribution in [0.3, 0.4) is 0 Å². The van der Waals surface area contributed by atoms with Crippen molar-refractivity contribution in [2.45, 2.75) is 213 Å². The van der Waals surface area contributed by atoms with E-state index in [1.165, 1.54) is 58.3 Å². The third-order valence-electron chi connectivity index (χ3n) is 22.5. The normalized spacial score (nSPS) is 15.3. The number of carbonyl (C=O) groups is 22. The van der Waals surface area contributed by atoms with E-state index in [9.17, 15) is 126 Å². The van der Waals surface area contributed by atoms with Gasteiger partial charge < -0.3 is 151 Å². The highest BCUT2D eigenvalue weighted by Gasteiger charge is 2.43. The molecule has 0 spiro atoms. The molecule has 2 fully saturated rings. The van der Waals surface area contributed by atoms with Crippen molar-refractivity contribution in [3.8, 4) is 11.5 Å². The van der Waals surface area contributed by atoms with Crippen molar-refractivity contribution in [3.05, 3.63) is 131 Å². The highest BCUT2D eigenvalue weighted by Crippen LogP contribution is 2.24. The molecule has 34 N–H and O–H groups in total. The Labute approximate surface area is 871 Å². The van der Waals surface area contributed by atoms with E-state index in [0.717, 1.165) is 0 Å². The quantitative estimate of drug-likeness (QED) is 0.00845. The molecule has 0 aliphatic carbocycles. The van der Waals surface area contributed by atoms with Gasteiger partial charge in [-0.15, -0.1) is 0 Å². The van der Waals surface area contributed by atoms with Crippen LogP contribution in [0, 0.1) is 0 Å². The van der Waals surface area contributed by atoms with Gasteiger partial charge in [0, 0.05) is 89.1 Å². The van der Waals surface area contributed by atoms with Crippen molar-refractivity contribution < 1.29 is 126 Å². The summed E-state index contributed by atoms with van der Waals surface area (Å²) in [6.07, 6.45) is -2.81. The second-order valence-electron chi connectivity index (χ2n) is 34.1. The summed E-state index contributed by atoms with van der Waals surface area (Å²) in [4.78, 5) is 298. The minimum absolute atomic E-state index is 0.0271. The summed E-state index contributed by atoms with van der Waals surface area (Å²) in [6.45, 7) is -0.710. The molecular weight excluding hydrogens is 2010 g/mol. The predicted molar refractivity (Wildman–Crippen MR) is 547 cm³/mol. The molecule has 0 radical (unpaired) electrons. The number of carbonyl (C=O) groups excluding carboxylic acids is 20. The average molecular weight is 2140 g/mol. The van der Waals surface area contributed by atoms with Crippen LogP contribution in [0.15, 0.2) is 119 Å². The number of nitrogens with two attached hydrogens (primary N) is 8. The average Bonchev–Trinajstić information content (AvgIpc) is 1.61. The van der Waals surface area contributed by atoms with E-state index in [1.807, 2.05) is 0 Å². The van der Waals surface area contributed by atoms with Crippen LogP contribution in [-0.2, 0) is 131 Å². The van der Waals surface area contributed by atoms with Gasteiger partial charge in [-0.25, -0.2) is 9.59 Å². The number of primary amides is 4. The van der Waals surface area contributed by atoms with Crippen molar-refractivity contribution in [1.29, 1.82) is 0 Å². The number of nitrogens with one attached hydrogen (secondary N) is 14. The standard InChI is InChI=1S/2C46H65N13O13S2/c2*47-35(61)15-14-29(55-42(68)31(20-25-6-2-1-3-7-25)57-41(67)30(53-37(63)16-19-73)21-26-10-12-27(60)13-11-26)40(66)58-32(45(71)72)22-38(64)54-33(24-74)44(70)59-18-5-9-34(59)43(69)56-28(8-4-17-51-46(49)50)39(65)52-23-36(48)62/h2*1-3,6-7,10-13,28-34,60,73-74H,4-5,8-9,14-24H2,(H2,47,61)(H2,48,62)(H,52,65)(H,53,63)(H,54,64)(H,55,68)(H,56,69)(H,57,67)(H,58,66)(H,71,72)(H4,49,50,51)/t2*28-,29+,30+,31+,32+,33+,34+/m11/s1. The Morgan fingerprint density at radius 1 is 0.324 bits per heavy atom. The van der Waals surface area contributed by atoms with E-state index in [4.69, 9.17) is 45.9 Å². The molecule has 6 rings (SSSR count). The number of guanidine groups is 2. The summed E-state index contributed by atoms with van der Waals surface area (Å²) in [5, 5.41) is 74.2. The van der Waals surface area contributed by atoms with Gasteiger partial charge in [0.15, 0.2) is 11.9 Å². The summed E-state index contributed by atoms with van der Waals surface area (Å²) in [6, 6.07) is 8.37. The van der Waals surface area contributed by atoms with Crippen LogP contribution < -0.4 is 120 Å². The fourth-order valence-electron chi connectivity index (χ4n) is 15.1. The number of aliphatic carboxylic acids is 2. The maximum atomic E-state index is 14.1. The number of aromatic hydroxyl groups is 2. The number of hydrogen-bond acceptors (Lipinski definition) is 30. The number of rotatable bonds is 62. The Hall–Kier alpha value is -15.2. The fourth-order valence-corrected chi connectivity index (χ4v) is 16.0. The van der Waals surface area contributed by atoms with E-state index >= 15 is 0 Å². The summed E-state index contributed by atoms with van der Waals surface area (Å²) in [5.41, 5.74) is 44.7. The molecule has 56 heteroatoms. The molecule has 2 heterocycles. The molecule has 20 amide bonds. The number of nitrogens with zero attached hydrogens (tertiary/aromatic N) is 4. The maximum Gasteiger partial charge on any atom is 0.326 e. The lowest BCUT2D eigenvalue weighted by atomic mass is 10.0. The zero-order chi connectivity index (χ0) is 110. The number of phenols is 2. The molecule has 808 valence electrons. The molecule has 4 aromatic carbocycles. The molecule has 2 saturated heterocycles. The Bertz CT molecular complexity index is 5010. The fraction of sp³-hybridized carbons (Fsp3) is 0.478. The van der Waals surface area contributed by atoms with Crippen LogP contribution in [0.5, 0.6) is 11.5 Å². The number of aliphatic imine (C=N–C) groups is 2. The number of amides is 20. The van der Waals surface area contributed by atoms with Gasteiger partial charge in [-0.1, -0.05) is 84.9 Å². The minimum atomic E-state index is -1.98. The van der Waals surface area contributed by atoms with E-state index in [1.54, 1.807) is 60.7 Å². The number of thiol groups is 4. The molecule has 52 nitrogen and oxygen atoms in total. The lowest BCUT2D eigenvalue weighted by molar-refractivity contribution is -0.145. The molecule has 0 unspecified atom stereocenters. The van der Waals surface area contributed by atoms with Gasteiger partial charge in [-0.05, 0) is 122 Å². The van der Waals surface area contributed by atoms with Gasteiger partial charge in [0.25, 0.3) is 0 Å². The van der Waals surface area contributed by atoms with E-state index in [-0.39, 0.29) is 150 Å². The topological polar surface area (TPSA) is 864 Å². The maximum absolute atomic E-state index is 14.1. The molecule has 148 heavy (non-hydrogen) atoms. The van der Waals surface area contributed by atoms with Gasteiger partial charge in [0.2, 0.25) is 118 Å². The minimum Gasteiger partial charge on any atom is -0.508 e. The van der Waals surface area contributed by atoms with E-state index in [0.29, 0.717) is 35.1 Å². The summed E-state index contributed by atoms with van der Waals surface area (Å²) in [7, 11) is 0. The zero-order valence-electron chi connectivity index (χ0n) is 80.7. The third-order valence-corrected chi connectivity index (χ3v) is 23.7. The molecule has 2 aliphatic heterocycles. The first kappa shape index (κ1) is 123. The molecule has 14 atom stereocenters. The number of benzene rings is 4. The monoisotopic (exact) mass is 2140 g/mol. The first-order valence-electron chi connectivity index (χ1n) is 46.8. The van der Waals surface area contributed by atoms with Crippen molar-refractivity contribution in [1.82, 2.24) is 84.2 Å². The summed E-state index contributed by atoms with van der Waals surface area (Å²) >= 11 is 16.6. The molecular formula is C92H130N26O26S4. The number of phenolic OH excluding ortho intramolecular Hbond substituents is 2. The number of carboxylic acid groups (broad SMARTS) is 2. The highest BCUT2D eigenvalue weighted by molar-refractivity contribution is 7.80. The molecule has 0 saturated carbocycles. The van der Waals surface area contributed by atoms with Crippen LogP contribution in [0.25, 0.3) is 0 Å². The Kier molecular flexibility index (Phi) is 53.8. The van der Waals surface area contributed by atoms with E-state index < -0.39 is 266 Å². The largest absolute Gasteiger partial charge is 0.508 e.